The van der Waals surface area contributed by atoms with Crippen LogP contribution in [0.1, 0.15) is 77.4 Å². The maximum atomic E-state index is 14.4. The van der Waals surface area contributed by atoms with E-state index >= 15 is 0 Å². The van der Waals surface area contributed by atoms with E-state index in [1.165, 1.54) is 49.9 Å². The lowest BCUT2D eigenvalue weighted by atomic mass is 9.49. The number of para-hydroxylation sites is 1. The SMILES string of the molecule is CCOC(=O)c1c(-c2cnn(CC34CC5CC(CC(C5)C3)C4)c2C)ccn2c(Nc3ccc(N4CCN(C(=O)OCc5ccccc5)CC4)cc3C(=O)Nc3nc4ccccc4s3)cnc12. The van der Waals surface area contributed by atoms with Crippen LogP contribution in [0.5, 0.6) is 0 Å². The summed E-state index contributed by atoms with van der Waals surface area (Å²) in [4.78, 5) is 54.6. The summed E-state index contributed by atoms with van der Waals surface area (Å²) in [7, 11) is 0. The van der Waals surface area contributed by atoms with Gasteiger partial charge in [0.25, 0.3) is 5.91 Å². The third-order valence-corrected chi connectivity index (χ3v) is 15.3. The second kappa shape index (κ2) is 17.2. The molecule has 0 atom stereocenters. The molecule has 5 fully saturated rings. The molecule has 5 heterocycles. The number of rotatable bonds is 12. The van der Waals surface area contributed by atoms with E-state index < -0.39 is 5.97 Å². The van der Waals surface area contributed by atoms with Gasteiger partial charge in [-0.15, -0.1) is 0 Å². The van der Waals surface area contributed by atoms with Gasteiger partial charge < -0.3 is 24.6 Å². The number of carbonyl (C=O) groups excluding carboxylic acids is 3. The molecule has 0 unspecified atom stereocenters. The summed E-state index contributed by atoms with van der Waals surface area (Å²) in [5, 5.41) is 12.0. The Balaban J connectivity index is 0.876. The molecule has 5 aliphatic rings. The highest BCUT2D eigenvalue weighted by Gasteiger charge is 2.51. The van der Waals surface area contributed by atoms with Crippen LogP contribution < -0.4 is 15.5 Å². The first-order valence-electron chi connectivity index (χ1n) is 23.2. The topological polar surface area (TPSA) is 148 Å². The van der Waals surface area contributed by atoms with Gasteiger partial charge in [0.2, 0.25) is 0 Å². The summed E-state index contributed by atoms with van der Waals surface area (Å²) < 4.78 is 16.3. The van der Waals surface area contributed by atoms with Crippen molar-refractivity contribution in [3.05, 3.63) is 120 Å². The Labute approximate surface area is 386 Å². The van der Waals surface area contributed by atoms with Crippen LogP contribution in [0.4, 0.5) is 27.1 Å². The third-order valence-electron chi connectivity index (χ3n) is 14.3. The van der Waals surface area contributed by atoms with E-state index in [2.05, 4.69) is 32.1 Å². The zero-order valence-corrected chi connectivity index (χ0v) is 38.1. The fraction of sp³-hybridized carbons (Fsp3) is 0.373. The predicted octanol–water partition coefficient (Wildman–Crippen LogP) is 9.96. The van der Waals surface area contributed by atoms with E-state index in [0.717, 1.165) is 62.6 Å². The number of hydrogen-bond donors (Lipinski definition) is 2. The molecule has 338 valence electrons. The quantitative estimate of drug-likeness (QED) is 0.114. The monoisotopic (exact) mass is 903 g/mol. The maximum absolute atomic E-state index is 14.4. The van der Waals surface area contributed by atoms with Crippen LogP contribution >= 0.6 is 11.3 Å². The first kappa shape index (κ1) is 41.9. The number of nitrogens with zero attached hydrogens (tertiary/aromatic N) is 7. The van der Waals surface area contributed by atoms with Gasteiger partial charge in [0.1, 0.15) is 18.0 Å². The molecule has 1 saturated heterocycles. The number of esters is 1. The number of anilines is 4. The number of pyridine rings is 1. The molecule has 4 bridgehead atoms. The lowest BCUT2D eigenvalue weighted by Crippen LogP contribution is -2.49. The number of benzene rings is 3. The molecule has 66 heavy (non-hydrogen) atoms. The highest BCUT2D eigenvalue weighted by Crippen LogP contribution is 2.60. The Morgan fingerprint density at radius 3 is 2.33 bits per heavy atom. The molecule has 14 nitrogen and oxygen atoms in total. The van der Waals surface area contributed by atoms with Gasteiger partial charge in [-0.1, -0.05) is 53.8 Å². The van der Waals surface area contributed by atoms with E-state index in [0.29, 0.717) is 65.0 Å². The van der Waals surface area contributed by atoms with Gasteiger partial charge in [0.15, 0.2) is 10.8 Å². The number of ether oxygens (including phenoxy) is 2. The lowest BCUT2D eigenvalue weighted by molar-refractivity contribution is -0.0638. The third kappa shape index (κ3) is 8.03. The average molecular weight is 904 g/mol. The van der Waals surface area contributed by atoms with Crippen molar-refractivity contribution < 1.29 is 23.9 Å². The van der Waals surface area contributed by atoms with Gasteiger partial charge in [0, 0.05) is 61.4 Å². The lowest BCUT2D eigenvalue weighted by Gasteiger charge is -2.56. The number of amides is 2. The molecule has 4 aromatic heterocycles. The second-order valence-corrected chi connectivity index (χ2v) is 19.7. The molecule has 2 amide bonds. The van der Waals surface area contributed by atoms with Crippen LogP contribution in [0, 0.1) is 30.1 Å². The maximum Gasteiger partial charge on any atom is 0.410 e. The number of nitrogens with one attached hydrogen (secondary N) is 2. The number of fused-ring (bicyclic) bond motifs is 2. The molecular formula is C51H53N9O5S. The normalized spacial score (nSPS) is 21.1. The molecule has 3 aromatic carbocycles. The van der Waals surface area contributed by atoms with Crippen molar-refractivity contribution in [1.29, 1.82) is 0 Å². The predicted molar refractivity (Wildman–Crippen MR) is 255 cm³/mol. The summed E-state index contributed by atoms with van der Waals surface area (Å²) in [6, 6.07) is 25.1. The van der Waals surface area contributed by atoms with Crippen molar-refractivity contribution in [1.82, 2.24) is 29.0 Å². The number of aromatic nitrogens is 5. The summed E-state index contributed by atoms with van der Waals surface area (Å²) in [6.07, 6.45) is 13.2. The Bertz CT molecular complexity index is 2900. The highest BCUT2D eigenvalue weighted by molar-refractivity contribution is 7.22. The molecule has 0 radical (unpaired) electrons. The van der Waals surface area contributed by atoms with Crippen LogP contribution in [0.25, 0.3) is 27.0 Å². The first-order valence-corrected chi connectivity index (χ1v) is 24.0. The van der Waals surface area contributed by atoms with Gasteiger partial charge in [-0.05, 0) is 118 Å². The minimum absolute atomic E-state index is 0.211. The fourth-order valence-corrected chi connectivity index (χ4v) is 12.5. The van der Waals surface area contributed by atoms with Crippen LogP contribution in [-0.2, 0) is 22.6 Å². The summed E-state index contributed by atoms with van der Waals surface area (Å²) >= 11 is 1.41. The van der Waals surface area contributed by atoms with Crippen molar-refractivity contribution >= 4 is 67.5 Å². The van der Waals surface area contributed by atoms with Crippen molar-refractivity contribution in [2.75, 3.05) is 48.3 Å². The fourth-order valence-electron chi connectivity index (χ4n) is 11.7. The standard InChI is InChI=1S/C51H53N9O5S/c1-3-64-48(62)45-38(40-28-53-60(32(40)2)31-51-25-34-21-35(26-51)23-36(22-34)27-51)15-16-59-44(29-52-46(45)59)54-41-14-13-37(24-39(41)47(61)56-49-55-42-11-7-8-12-43(42)66-49)57-17-19-58(20-18-57)50(63)65-30-33-9-5-4-6-10-33/h4-16,24,28-29,34-36,54H,3,17-23,25-27,30-31H2,1-2H3,(H,55,56,61). The molecule has 15 heteroatoms. The van der Waals surface area contributed by atoms with Gasteiger partial charge >= 0.3 is 12.1 Å². The van der Waals surface area contributed by atoms with E-state index in [-0.39, 0.29) is 25.2 Å². The van der Waals surface area contributed by atoms with Crippen LogP contribution in [0.15, 0.2) is 97.5 Å². The summed E-state index contributed by atoms with van der Waals surface area (Å²) in [6.45, 7) is 7.28. The minimum atomic E-state index is -0.465. The van der Waals surface area contributed by atoms with Crippen LogP contribution in [-0.4, -0.2) is 79.8 Å². The van der Waals surface area contributed by atoms with E-state index in [4.69, 9.17) is 19.6 Å². The molecule has 4 saturated carbocycles. The highest BCUT2D eigenvalue weighted by atomic mass is 32.1. The molecule has 0 spiro atoms. The summed E-state index contributed by atoms with van der Waals surface area (Å²) in [5.41, 5.74) is 7.21. The second-order valence-electron chi connectivity index (χ2n) is 18.7. The van der Waals surface area contributed by atoms with Gasteiger partial charge in [-0.25, -0.2) is 19.6 Å². The largest absolute Gasteiger partial charge is 0.462 e. The molecule has 12 rings (SSSR count). The Morgan fingerprint density at radius 2 is 1.59 bits per heavy atom. The smallest absolute Gasteiger partial charge is 0.410 e. The Hall–Kier alpha value is -6.74. The van der Waals surface area contributed by atoms with Gasteiger partial charge in [-0.3, -0.25) is 19.2 Å². The van der Waals surface area contributed by atoms with Crippen molar-refractivity contribution in [2.45, 2.75) is 65.5 Å². The van der Waals surface area contributed by atoms with Gasteiger partial charge in [0.05, 0.1) is 40.5 Å². The molecule has 1 aliphatic heterocycles. The van der Waals surface area contributed by atoms with Crippen molar-refractivity contribution in [3.63, 3.8) is 0 Å². The first-order chi connectivity index (χ1) is 32.2. The van der Waals surface area contributed by atoms with Gasteiger partial charge in [-0.2, -0.15) is 5.10 Å². The molecular weight excluding hydrogens is 851 g/mol. The van der Waals surface area contributed by atoms with E-state index in [9.17, 15) is 14.4 Å². The molecule has 2 N–H and O–H groups in total. The number of piperazine rings is 1. The van der Waals surface area contributed by atoms with Crippen molar-refractivity contribution in [2.24, 2.45) is 23.2 Å². The zero-order valence-electron chi connectivity index (χ0n) is 37.2. The number of thiazole rings is 1. The molecule has 7 aromatic rings. The van der Waals surface area contributed by atoms with Crippen LogP contribution in [0.2, 0.25) is 0 Å². The van der Waals surface area contributed by atoms with E-state index in [1.54, 1.807) is 18.0 Å². The van der Waals surface area contributed by atoms with Crippen LogP contribution in [0.3, 0.4) is 0 Å². The van der Waals surface area contributed by atoms with E-state index in [1.807, 2.05) is 95.7 Å². The Kier molecular flexibility index (Phi) is 11.0. The Morgan fingerprint density at radius 1 is 0.848 bits per heavy atom. The summed E-state index contributed by atoms with van der Waals surface area (Å²) in [5.74, 6) is 2.29. The number of hydrogen-bond acceptors (Lipinski definition) is 11. The minimum Gasteiger partial charge on any atom is -0.462 e. The molecule has 4 aliphatic carbocycles. The zero-order chi connectivity index (χ0) is 44.9. The average Bonchev–Trinajstić information content (AvgIpc) is 4.03. The number of carbonyl (C=O) groups is 3. The van der Waals surface area contributed by atoms with Crippen molar-refractivity contribution in [3.8, 4) is 11.1 Å². The number of imidazole rings is 1.